The number of anilines is 1. The van der Waals surface area contributed by atoms with Crippen molar-refractivity contribution in [2.24, 2.45) is 0 Å². The van der Waals surface area contributed by atoms with Gasteiger partial charge in [-0.25, -0.2) is 0 Å². The molecule has 0 aliphatic heterocycles. The van der Waals surface area contributed by atoms with Crippen molar-refractivity contribution in [3.8, 4) is 0 Å². The molecule has 2 aromatic rings. The molecule has 1 aromatic carbocycles. The molecule has 21 heavy (non-hydrogen) atoms. The molecule has 0 aliphatic rings. The largest absolute Gasteiger partial charge is 0.399 e. The first-order valence-corrected chi connectivity index (χ1v) is 7.70. The van der Waals surface area contributed by atoms with Crippen molar-refractivity contribution in [1.82, 2.24) is 4.90 Å². The number of benzene rings is 1. The summed E-state index contributed by atoms with van der Waals surface area (Å²) in [5.41, 5.74) is 7.35. The lowest BCUT2D eigenvalue weighted by Gasteiger charge is -2.22. The van der Waals surface area contributed by atoms with Crippen LogP contribution in [0.2, 0.25) is 0 Å². The minimum atomic E-state index is 0.102. The van der Waals surface area contributed by atoms with E-state index in [9.17, 15) is 4.79 Å². The van der Waals surface area contributed by atoms with Crippen LogP contribution in [0, 0.1) is 0 Å². The number of nitrogens with two attached hydrogens (primary N) is 1. The Morgan fingerprint density at radius 2 is 2.05 bits per heavy atom. The van der Waals surface area contributed by atoms with E-state index in [1.165, 1.54) is 4.88 Å². The van der Waals surface area contributed by atoms with Gasteiger partial charge in [0.1, 0.15) is 0 Å². The lowest BCUT2D eigenvalue weighted by atomic mass is 10.1. The molecule has 2 rings (SSSR count). The van der Waals surface area contributed by atoms with Crippen LogP contribution in [0.4, 0.5) is 5.69 Å². The Labute approximate surface area is 129 Å². The number of hydrogen-bond donors (Lipinski definition) is 1. The molecular weight excluding hydrogens is 284 g/mol. The average molecular weight is 304 g/mol. The van der Waals surface area contributed by atoms with Crippen molar-refractivity contribution >= 4 is 22.9 Å². The standard InChI is InChI=1S/C16H20N2O2S/c1-20-9-8-18(12-15-3-2-10-21-15)16(19)11-13-4-6-14(17)7-5-13/h2-7,10H,8-9,11-12,17H2,1H3. The summed E-state index contributed by atoms with van der Waals surface area (Å²) in [5, 5.41) is 2.02. The van der Waals surface area contributed by atoms with E-state index in [-0.39, 0.29) is 5.91 Å². The predicted molar refractivity (Wildman–Crippen MR) is 86.2 cm³/mol. The number of ether oxygens (including phenoxy) is 1. The van der Waals surface area contributed by atoms with E-state index >= 15 is 0 Å². The normalized spacial score (nSPS) is 10.5. The van der Waals surface area contributed by atoms with E-state index in [0.717, 1.165) is 5.56 Å². The molecule has 1 amide bonds. The highest BCUT2D eigenvalue weighted by molar-refractivity contribution is 7.09. The summed E-state index contributed by atoms with van der Waals surface area (Å²) in [4.78, 5) is 15.5. The van der Waals surface area contributed by atoms with Gasteiger partial charge in [0.15, 0.2) is 0 Å². The van der Waals surface area contributed by atoms with Crippen LogP contribution >= 0.6 is 11.3 Å². The third-order valence-electron chi connectivity index (χ3n) is 3.18. The highest BCUT2D eigenvalue weighted by Gasteiger charge is 2.14. The van der Waals surface area contributed by atoms with Gasteiger partial charge in [-0.2, -0.15) is 0 Å². The lowest BCUT2D eigenvalue weighted by molar-refractivity contribution is -0.131. The number of amides is 1. The van der Waals surface area contributed by atoms with Crippen molar-refractivity contribution in [3.63, 3.8) is 0 Å². The van der Waals surface area contributed by atoms with Gasteiger partial charge in [-0.05, 0) is 29.1 Å². The third-order valence-corrected chi connectivity index (χ3v) is 4.04. The van der Waals surface area contributed by atoms with Gasteiger partial charge in [0.25, 0.3) is 0 Å². The molecule has 0 fully saturated rings. The number of thiophene rings is 1. The number of carbonyl (C=O) groups excluding carboxylic acids is 1. The topological polar surface area (TPSA) is 55.6 Å². The van der Waals surface area contributed by atoms with E-state index in [4.69, 9.17) is 10.5 Å². The summed E-state index contributed by atoms with van der Waals surface area (Å²) in [6.07, 6.45) is 0.384. The highest BCUT2D eigenvalue weighted by atomic mass is 32.1. The molecule has 0 spiro atoms. The fraction of sp³-hybridized carbons (Fsp3) is 0.312. The predicted octanol–water partition coefficient (Wildman–Crippen LogP) is 2.55. The van der Waals surface area contributed by atoms with Crippen molar-refractivity contribution in [2.75, 3.05) is 26.0 Å². The Bertz CT molecular complexity index is 552. The molecule has 0 aliphatic carbocycles. The van der Waals surface area contributed by atoms with Crippen LogP contribution in [-0.2, 0) is 22.5 Å². The van der Waals surface area contributed by atoms with Gasteiger partial charge >= 0.3 is 0 Å². The summed E-state index contributed by atoms with van der Waals surface area (Å²) >= 11 is 1.66. The maximum atomic E-state index is 12.5. The van der Waals surface area contributed by atoms with Gasteiger partial charge in [-0.1, -0.05) is 18.2 Å². The summed E-state index contributed by atoms with van der Waals surface area (Å²) in [6.45, 7) is 1.77. The van der Waals surface area contributed by atoms with Gasteiger partial charge < -0.3 is 15.4 Å². The van der Waals surface area contributed by atoms with Crippen molar-refractivity contribution in [2.45, 2.75) is 13.0 Å². The van der Waals surface area contributed by atoms with Crippen molar-refractivity contribution in [1.29, 1.82) is 0 Å². The molecule has 1 heterocycles. The van der Waals surface area contributed by atoms with Crippen LogP contribution < -0.4 is 5.73 Å². The molecule has 112 valence electrons. The molecular formula is C16H20N2O2S. The van der Waals surface area contributed by atoms with Crippen LogP contribution in [0.5, 0.6) is 0 Å². The lowest BCUT2D eigenvalue weighted by Crippen LogP contribution is -2.34. The summed E-state index contributed by atoms with van der Waals surface area (Å²) in [7, 11) is 1.65. The molecule has 0 unspecified atom stereocenters. The van der Waals surface area contributed by atoms with Gasteiger partial charge in [-0.3, -0.25) is 4.79 Å². The number of nitrogens with zero attached hydrogens (tertiary/aromatic N) is 1. The quantitative estimate of drug-likeness (QED) is 0.800. The van der Waals surface area contributed by atoms with Gasteiger partial charge in [0.05, 0.1) is 19.6 Å². The molecule has 1 aromatic heterocycles. The minimum absolute atomic E-state index is 0.102. The van der Waals surface area contributed by atoms with Gasteiger partial charge in [0.2, 0.25) is 5.91 Å². The van der Waals surface area contributed by atoms with E-state index < -0.39 is 0 Å². The first kappa shape index (κ1) is 15.5. The van der Waals surface area contributed by atoms with Crippen LogP contribution in [0.25, 0.3) is 0 Å². The molecule has 0 saturated heterocycles. The SMILES string of the molecule is COCCN(Cc1cccs1)C(=O)Cc1ccc(N)cc1. The Kier molecular flexibility index (Phi) is 5.78. The van der Waals surface area contributed by atoms with E-state index in [1.54, 1.807) is 18.4 Å². The van der Waals surface area contributed by atoms with E-state index in [1.807, 2.05) is 46.7 Å². The number of carbonyl (C=O) groups is 1. The highest BCUT2D eigenvalue weighted by Crippen LogP contribution is 2.14. The first-order valence-electron chi connectivity index (χ1n) is 6.82. The number of nitrogen functional groups attached to an aromatic ring is 1. The Morgan fingerprint density at radius 1 is 1.29 bits per heavy atom. The number of rotatable bonds is 7. The van der Waals surface area contributed by atoms with Gasteiger partial charge in [0, 0.05) is 24.2 Å². The molecule has 0 radical (unpaired) electrons. The van der Waals surface area contributed by atoms with Crippen molar-refractivity contribution in [3.05, 3.63) is 52.2 Å². The molecule has 0 bridgehead atoms. The van der Waals surface area contributed by atoms with Crippen LogP contribution in [-0.4, -0.2) is 31.1 Å². The van der Waals surface area contributed by atoms with E-state index in [0.29, 0.717) is 31.8 Å². The van der Waals surface area contributed by atoms with Crippen LogP contribution in [0.15, 0.2) is 41.8 Å². The molecule has 4 nitrogen and oxygen atoms in total. The smallest absolute Gasteiger partial charge is 0.227 e. The Morgan fingerprint density at radius 3 is 2.67 bits per heavy atom. The van der Waals surface area contributed by atoms with Gasteiger partial charge in [-0.15, -0.1) is 11.3 Å². The van der Waals surface area contributed by atoms with Crippen LogP contribution in [0.3, 0.4) is 0 Å². The summed E-state index contributed by atoms with van der Waals surface area (Å²) in [6, 6.07) is 11.5. The fourth-order valence-corrected chi connectivity index (χ4v) is 2.73. The summed E-state index contributed by atoms with van der Waals surface area (Å²) < 4.78 is 5.10. The monoisotopic (exact) mass is 304 g/mol. The Hall–Kier alpha value is -1.85. The maximum absolute atomic E-state index is 12.5. The zero-order chi connectivity index (χ0) is 15.1. The van der Waals surface area contributed by atoms with Crippen molar-refractivity contribution < 1.29 is 9.53 Å². The van der Waals surface area contributed by atoms with Crippen LogP contribution in [0.1, 0.15) is 10.4 Å². The second-order valence-electron chi connectivity index (χ2n) is 4.81. The average Bonchev–Trinajstić information content (AvgIpc) is 2.98. The number of hydrogen-bond acceptors (Lipinski definition) is 4. The maximum Gasteiger partial charge on any atom is 0.227 e. The Balaban J connectivity index is 2.00. The third kappa shape index (κ3) is 4.88. The second-order valence-corrected chi connectivity index (χ2v) is 5.84. The second kappa shape index (κ2) is 7.81. The minimum Gasteiger partial charge on any atom is -0.399 e. The zero-order valence-corrected chi connectivity index (χ0v) is 12.9. The fourth-order valence-electron chi connectivity index (χ4n) is 2.01. The molecule has 2 N–H and O–H groups in total. The molecule has 0 atom stereocenters. The number of methoxy groups -OCH3 is 1. The zero-order valence-electron chi connectivity index (χ0n) is 12.1. The first-order chi connectivity index (χ1) is 10.2. The molecule has 0 saturated carbocycles. The van der Waals surface area contributed by atoms with E-state index in [2.05, 4.69) is 0 Å². The summed E-state index contributed by atoms with van der Waals surface area (Å²) in [5.74, 6) is 0.102. The molecule has 5 heteroatoms.